The lowest BCUT2D eigenvalue weighted by Gasteiger charge is -2.37. The summed E-state index contributed by atoms with van der Waals surface area (Å²) in [6.45, 7) is 1.28. The molecule has 21 heavy (non-hydrogen) atoms. The van der Waals surface area contributed by atoms with Crippen molar-refractivity contribution < 1.29 is 19.4 Å². The Morgan fingerprint density at radius 3 is 2.76 bits per heavy atom. The van der Waals surface area contributed by atoms with Crippen molar-refractivity contribution in [2.45, 2.75) is 24.9 Å². The molecule has 112 valence electrons. The summed E-state index contributed by atoms with van der Waals surface area (Å²) in [6.07, 6.45) is 2.04. The van der Waals surface area contributed by atoms with Gasteiger partial charge in [-0.05, 0) is 25.0 Å². The van der Waals surface area contributed by atoms with Gasteiger partial charge in [0, 0.05) is 12.6 Å². The number of rotatable bonds is 4. The standard InChI is InChI=1S/C15H18N2O4/c18-14(16-10-5-6-10)13-9-21-8-7-17(13)12-4-2-1-3-11(12)15(19)20/h1-4,10,13H,5-9H2,(H,16,18)(H,19,20). The zero-order valence-corrected chi connectivity index (χ0v) is 11.6. The van der Waals surface area contributed by atoms with E-state index in [0.29, 0.717) is 18.8 Å². The maximum atomic E-state index is 12.3. The third-order valence-electron chi connectivity index (χ3n) is 3.80. The molecule has 1 aliphatic carbocycles. The Morgan fingerprint density at radius 1 is 1.29 bits per heavy atom. The van der Waals surface area contributed by atoms with Gasteiger partial charge in [0.2, 0.25) is 5.91 Å². The van der Waals surface area contributed by atoms with Crippen LogP contribution in [0.5, 0.6) is 0 Å². The number of nitrogens with zero attached hydrogens (tertiary/aromatic N) is 1. The molecule has 1 saturated heterocycles. The van der Waals surface area contributed by atoms with Crippen LogP contribution in [0.3, 0.4) is 0 Å². The largest absolute Gasteiger partial charge is 0.478 e. The Labute approximate surface area is 122 Å². The predicted octanol–water partition coefficient (Wildman–Crippen LogP) is 0.869. The topological polar surface area (TPSA) is 78.9 Å². The van der Waals surface area contributed by atoms with Gasteiger partial charge in [0.15, 0.2) is 0 Å². The number of hydrogen-bond acceptors (Lipinski definition) is 4. The molecule has 1 aromatic rings. The molecule has 1 atom stereocenters. The number of carbonyl (C=O) groups is 2. The lowest BCUT2D eigenvalue weighted by atomic mass is 10.1. The van der Waals surface area contributed by atoms with E-state index in [9.17, 15) is 14.7 Å². The summed E-state index contributed by atoms with van der Waals surface area (Å²) in [5.74, 6) is -1.07. The fraction of sp³-hybridized carbons (Fsp3) is 0.467. The minimum atomic E-state index is -0.988. The van der Waals surface area contributed by atoms with Crippen LogP contribution in [0.15, 0.2) is 24.3 Å². The molecule has 2 aliphatic rings. The lowest BCUT2D eigenvalue weighted by molar-refractivity contribution is -0.124. The number of anilines is 1. The third-order valence-corrected chi connectivity index (χ3v) is 3.80. The highest BCUT2D eigenvalue weighted by atomic mass is 16.5. The van der Waals surface area contributed by atoms with Gasteiger partial charge in [-0.3, -0.25) is 4.79 Å². The van der Waals surface area contributed by atoms with Crippen LogP contribution in [0.4, 0.5) is 5.69 Å². The number of hydrogen-bond donors (Lipinski definition) is 2. The van der Waals surface area contributed by atoms with Gasteiger partial charge < -0.3 is 20.1 Å². The minimum absolute atomic E-state index is 0.0857. The maximum Gasteiger partial charge on any atom is 0.337 e. The van der Waals surface area contributed by atoms with Crippen LogP contribution >= 0.6 is 0 Å². The molecular formula is C15H18N2O4. The number of benzene rings is 1. The van der Waals surface area contributed by atoms with Gasteiger partial charge in [0.25, 0.3) is 0 Å². The van der Waals surface area contributed by atoms with E-state index in [4.69, 9.17) is 4.74 Å². The first-order valence-electron chi connectivity index (χ1n) is 7.14. The molecule has 1 aliphatic heterocycles. The number of aromatic carboxylic acids is 1. The molecular weight excluding hydrogens is 272 g/mol. The number of carboxylic acid groups (broad SMARTS) is 1. The number of para-hydroxylation sites is 1. The van der Waals surface area contributed by atoms with Crippen LogP contribution in [0, 0.1) is 0 Å². The van der Waals surface area contributed by atoms with Crippen molar-refractivity contribution in [1.82, 2.24) is 5.32 Å². The Bertz CT molecular complexity index is 556. The van der Waals surface area contributed by atoms with E-state index >= 15 is 0 Å². The second-order valence-electron chi connectivity index (χ2n) is 5.39. The SMILES string of the molecule is O=C(O)c1ccccc1N1CCOCC1C(=O)NC1CC1. The summed E-state index contributed by atoms with van der Waals surface area (Å²) in [5.41, 5.74) is 0.785. The normalized spacial score (nSPS) is 21.9. The molecule has 0 spiro atoms. The fourth-order valence-electron chi connectivity index (χ4n) is 2.54. The van der Waals surface area contributed by atoms with Gasteiger partial charge in [-0.2, -0.15) is 0 Å². The molecule has 2 N–H and O–H groups in total. The van der Waals surface area contributed by atoms with Gasteiger partial charge in [-0.1, -0.05) is 12.1 Å². The molecule has 6 heteroatoms. The predicted molar refractivity (Wildman–Crippen MR) is 76.5 cm³/mol. The van der Waals surface area contributed by atoms with Crippen molar-refractivity contribution in [3.8, 4) is 0 Å². The second-order valence-corrected chi connectivity index (χ2v) is 5.39. The minimum Gasteiger partial charge on any atom is -0.478 e. The molecule has 0 bridgehead atoms. The van der Waals surface area contributed by atoms with E-state index in [1.807, 2.05) is 4.90 Å². The highest BCUT2D eigenvalue weighted by Crippen LogP contribution is 2.25. The van der Waals surface area contributed by atoms with Crippen molar-refractivity contribution >= 4 is 17.6 Å². The smallest absolute Gasteiger partial charge is 0.337 e. The van der Waals surface area contributed by atoms with Crippen molar-refractivity contribution in [3.63, 3.8) is 0 Å². The molecule has 6 nitrogen and oxygen atoms in total. The quantitative estimate of drug-likeness (QED) is 0.860. The Morgan fingerprint density at radius 2 is 2.05 bits per heavy atom. The van der Waals surface area contributed by atoms with E-state index in [2.05, 4.69) is 5.32 Å². The number of carbonyl (C=O) groups excluding carboxylic acids is 1. The van der Waals surface area contributed by atoms with E-state index < -0.39 is 12.0 Å². The molecule has 0 aromatic heterocycles. The Balaban J connectivity index is 1.86. The fourth-order valence-corrected chi connectivity index (χ4v) is 2.54. The highest BCUT2D eigenvalue weighted by molar-refractivity contribution is 5.96. The summed E-state index contributed by atoms with van der Waals surface area (Å²) < 4.78 is 5.41. The number of ether oxygens (including phenoxy) is 1. The second kappa shape index (κ2) is 5.73. The molecule has 1 aromatic carbocycles. The van der Waals surface area contributed by atoms with Crippen LogP contribution in [-0.2, 0) is 9.53 Å². The molecule has 1 heterocycles. The summed E-state index contributed by atoms with van der Waals surface area (Å²) >= 11 is 0. The summed E-state index contributed by atoms with van der Waals surface area (Å²) in [5, 5.41) is 12.3. The first kappa shape index (κ1) is 13.9. The maximum absolute atomic E-state index is 12.3. The van der Waals surface area contributed by atoms with Crippen LogP contribution < -0.4 is 10.2 Å². The number of carboxylic acids is 1. The molecule has 1 amide bonds. The highest BCUT2D eigenvalue weighted by Gasteiger charge is 2.34. The Kier molecular flexibility index (Phi) is 3.79. The number of nitrogens with one attached hydrogen (secondary N) is 1. The lowest BCUT2D eigenvalue weighted by Crippen LogP contribution is -2.54. The Hall–Kier alpha value is -2.08. The summed E-state index contributed by atoms with van der Waals surface area (Å²) in [4.78, 5) is 25.5. The monoisotopic (exact) mass is 290 g/mol. The number of amides is 1. The van der Waals surface area contributed by atoms with E-state index in [1.54, 1.807) is 24.3 Å². The van der Waals surface area contributed by atoms with Crippen LogP contribution in [0.25, 0.3) is 0 Å². The van der Waals surface area contributed by atoms with Gasteiger partial charge in [0.1, 0.15) is 6.04 Å². The van der Waals surface area contributed by atoms with Crippen molar-refractivity contribution in [2.75, 3.05) is 24.7 Å². The van der Waals surface area contributed by atoms with Gasteiger partial charge in [-0.25, -0.2) is 4.79 Å². The molecule has 0 radical (unpaired) electrons. The molecule has 2 fully saturated rings. The first-order valence-corrected chi connectivity index (χ1v) is 7.14. The van der Waals surface area contributed by atoms with E-state index in [0.717, 1.165) is 12.8 Å². The average molecular weight is 290 g/mol. The summed E-state index contributed by atoms with van der Waals surface area (Å²) in [6, 6.07) is 6.57. The number of morpholine rings is 1. The van der Waals surface area contributed by atoms with E-state index in [1.165, 1.54) is 0 Å². The van der Waals surface area contributed by atoms with Crippen molar-refractivity contribution in [2.24, 2.45) is 0 Å². The zero-order chi connectivity index (χ0) is 14.8. The van der Waals surface area contributed by atoms with Gasteiger partial charge in [0.05, 0.1) is 24.5 Å². The third kappa shape index (κ3) is 3.00. The molecule has 3 rings (SSSR count). The van der Waals surface area contributed by atoms with Crippen molar-refractivity contribution in [1.29, 1.82) is 0 Å². The van der Waals surface area contributed by atoms with Gasteiger partial charge in [-0.15, -0.1) is 0 Å². The molecule has 1 unspecified atom stereocenters. The summed E-state index contributed by atoms with van der Waals surface area (Å²) in [7, 11) is 0. The average Bonchev–Trinajstić information content (AvgIpc) is 3.31. The van der Waals surface area contributed by atoms with Crippen LogP contribution in [0.2, 0.25) is 0 Å². The van der Waals surface area contributed by atoms with E-state index in [-0.39, 0.29) is 24.1 Å². The van der Waals surface area contributed by atoms with Crippen molar-refractivity contribution in [3.05, 3.63) is 29.8 Å². The van der Waals surface area contributed by atoms with Gasteiger partial charge >= 0.3 is 5.97 Å². The first-order chi connectivity index (χ1) is 10.2. The molecule has 1 saturated carbocycles. The van der Waals surface area contributed by atoms with Crippen LogP contribution in [-0.4, -0.2) is 48.8 Å². The van der Waals surface area contributed by atoms with Crippen LogP contribution in [0.1, 0.15) is 23.2 Å². The zero-order valence-electron chi connectivity index (χ0n) is 11.6.